The average molecular weight is 407 g/mol. The van der Waals surface area contributed by atoms with Gasteiger partial charge in [0.2, 0.25) is 0 Å². The highest BCUT2D eigenvalue weighted by Crippen LogP contribution is 2.24. The Morgan fingerprint density at radius 1 is 1.25 bits per heavy atom. The fourth-order valence-electron chi connectivity index (χ4n) is 2.88. The highest BCUT2D eigenvalue weighted by molar-refractivity contribution is 5.92. The maximum Gasteiger partial charge on any atom is 0.337 e. The number of halogens is 1. The molecule has 0 saturated carbocycles. The molecule has 2 heterocycles. The number of aromatic carboxylic acids is 1. The number of carboxylic acids is 1. The summed E-state index contributed by atoms with van der Waals surface area (Å²) in [6.45, 7) is 3.00. The number of piperazine rings is 1. The van der Waals surface area contributed by atoms with Gasteiger partial charge in [0.05, 0.1) is 24.9 Å². The number of rotatable bonds is 5. The minimum Gasteiger partial charge on any atom is -0.497 e. The number of pyridine rings is 1. The second-order valence-electron chi connectivity index (χ2n) is 6.15. The molecule has 3 rings (SSSR count). The lowest BCUT2D eigenvalue weighted by molar-refractivity contribution is 0.0696. The first-order valence-corrected chi connectivity index (χ1v) is 8.68. The molecule has 2 N–H and O–H groups in total. The molecule has 0 atom stereocenters. The number of methoxy groups -OCH3 is 1. The van der Waals surface area contributed by atoms with Gasteiger partial charge in [0.15, 0.2) is 0 Å². The molecule has 28 heavy (non-hydrogen) atoms. The van der Waals surface area contributed by atoms with Crippen LogP contribution in [0.2, 0.25) is 0 Å². The molecule has 0 bridgehead atoms. The van der Waals surface area contributed by atoms with E-state index in [0.29, 0.717) is 30.2 Å². The molecule has 0 spiro atoms. The summed E-state index contributed by atoms with van der Waals surface area (Å²) >= 11 is 0. The van der Waals surface area contributed by atoms with Crippen LogP contribution in [0.5, 0.6) is 5.75 Å². The number of aromatic nitrogens is 1. The molecule has 1 aliphatic rings. The smallest absolute Gasteiger partial charge is 0.337 e. The fraction of sp³-hybridized carbons (Fsp3) is 0.316. The number of benzene rings is 1. The highest BCUT2D eigenvalue weighted by Gasteiger charge is 2.24. The van der Waals surface area contributed by atoms with Crippen molar-refractivity contribution in [2.45, 2.75) is 6.54 Å². The third-order valence-electron chi connectivity index (χ3n) is 4.38. The van der Waals surface area contributed by atoms with Crippen molar-refractivity contribution in [1.29, 1.82) is 0 Å². The van der Waals surface area contributed by atoms with Gasteiger partial charge in [-0.05, 0) is 24.3 Å². The van der Waals surface area contributed by atoms with E-state index in [0.717, 1.165) is 13.1 Å². The van der Waals surface area contributed by atoms with Crippen LogP contribution in [0.4, 0.5) is 10.5 Å². The lowest BCUT2D eigenvalue weighted by Gasteiger charge is -2.33. The van der Waals surface area contributed by atoms with Gasteiger partial charge in [-0.25, -0.2) is 9.59 Å². The molecule has 1 saturated heterocycles. The van der Waals surface area contributed by atoms with Crippen LogP contribution < -0.4 is 15.0 Å². The predicted octanol–water partition coefficient (Wildman–Crippen LogP) is 2.24. The molecule has 8 nitrogen and oxygen atoms in total. The molecule has 1 aromatic carbocycles. The summed E-state index contributed by atoms with van der Waals surface area (Å²) in [4.78, 5) is 31.8. The molecule has 1 aliphatic heterocycles. The molecule has 2 aromatic rings. The van der Waals surface area contributed by atoms with E-state index < -0.39 is 5.97 Å². The predicted molar refractivity (Wildman–Crippen MR) is 107 cm³/mol. The van der Waals surface area contributed by atoms with Gasteiger partial charge in [-0.2, -0.15) is 0 Å². The Labute approximate surface area is 169 Å². The lowest BCUT2D eigenvalue weighted by atomic mass is 10.2. The first kappa shape index (κ1) is 21.5. The van der Waals surface area contributed by atoms with Gasteiger partial charge in [0.25, 0.3) is 0 Å². The normalized spacial score (nSPS) is 13.4. The molecule has 0 unspecified atom stereocenters. The van der Waals surface area contributed by atoms with Crippen LogP contribution in [0.25, 0.3) is 0 Å². The third-order valence-corrected chi connectivity index (χ3v) is 4.38. The largest absolute Gasteiger partial charge is 0.497 e. The van der Waals surface area contributed by atoms with Crippen LogP contribution in [-0.4, -0.2) is 60.3 Å². The van der Waals surface area contributed by atoms with Crippen molar-refractivity contribution in [2.75, 3.05) is 38.2 Å². The van der Waals surface area contributed by atoms with Gasteiger partial charge in [-0.3, -0.25) is 9.88 Å². The second-order valence-corrected chi connectivity index (χ2v) is 6.15. The SMILES string of the molecule is COc1cccc(N(Cc2ccc(C(=O)O)cn2)C(=O)N2CCNCC2)c1.Cl. The topological polar surface area (TPSA) is 95.0 Å². The summed E-state index contributed by atoms with van der Waals surface area (Å²) in [5.74, 6) is -0.379. The van der Waals surface area contributed by atoms with Crippen LogP contribution in [0.1, 0.15) is 16.1 Å². The Morgan fingerprint density at radius 3 is 2.61 bits per heavy atom. The van der Waals surface area contributed by atoms with Crippen LogP contribution >= 0.6 is 12.4 Å². The van der Waals surface area contributed by atoms with Crippen molar-refractivity contribution in [3.63, 3.8) is 0 Å². The molecule has 150 valence electrons. The quantitative estimate of drug-likeness (QED) is 0.790. The van der Waals surface area contributed by atoms with E-state index in [1.165, 1.54) is 12.3 Å². The molecule has 1 aromatic heterocycles. The molecule has 1 fully saturated rings. The molecular formula is C19H23ClN4O4. The zero-order valence-electron chi connectivity index (χ0n) is 15.5. The van der Waals surface area contributed by atoms with Crippen LogP contribution in [0.15, 0.2) is 42.6 Å². The zero-order valence-corrected chi connectivity index (χ0v) is 16.3. The number of carbonyl (C=O) groups is 2. The standard InChI is InChI=1S/C19H22N4O4.ClH/c1-27-17-4-2-3-16(11-17)23(19(26)22-9-7-20-8-10-22)13-15-6-5-14(12-21-15)18(24)25;/h2-6,11-12,20H,7-10,13H2,1H3,(H,24,25);1H. The van der Waals surface area contributed by atoms with E-state index in [4.69, 9.17) is 9.84 Å². The Hall–Kier alpha value is -2.84. The molecule has 2 amide bonds. The van der Waals surface area contributed by atoms with Crippen LogP contribution in [-0.2, 0) is 6.54 Å². The summed E-state index contributed by atoms with van der Waals surface area (Å²) in [6, 6.07) is 10.3. The summed E-state index contributed by atoms with van der Waals surface area (Å²) in [7, 11) is 1.58. The van der Waals surface area contributed by atoms with Crippen molar-refractivity contribution in [3.05, 3.63) is 53.9 Å². The summed E-state index contributed by atoms with van der Waals surface area (Å²) in [5.41, 5.74) is 1.41. The second kappa shape index (κ2) is 9.91. The Balaban J connectivity index is 0.00000280. The number of carbonyl (C=O) groups excluding carboxylic acids is 1. The zero-order chi connectivity index (χ0) is 19.2. The molecule has 9 heteroatoms. The Bertz CT molecular complexity index is 810. The summed E-state index contributed by atoms with van der Waals surface area (Å²) in [6.07, 6.45) is 1.30. The fourth-order valence-corrected chi connectivity index (χ4v) is 2.88. The van der Waals surface area contributed by atoms with E-state index >= 15 is 0 Å². The monoisotopic (exact) mass is 406 g/mol. The van der Waals surface area contributed by atoms with Crippen molar-refractivity contribution < 1.29 is 19.4 Å². The van der Waals surface area contributed by atoms with E-state index in [9.17, 15) is 9.59 Å². The number of hydrogen-bond donors (Lipinski definition) is 2. The minimum absolute atomic E-state index is 0. The van der Waals surface area contributed by atoms with Crippen molar-refractivity contribution in [2.24, 2.45) is 0 Å². The number of nitrogens with zero attached hydrogens (tertiary/aromatic N) is 3. The van der Waals surface area contributed by atoms with Gasteiger partial charge in [-0.15, -0.1) is 12.4 Å². The van der Waals surface area contributed by atoms with Crippen molar-refractivity contribution in [1.82, 2.24) is 15.2 Å². The van der Waals surface area contributed by atoms with E-state index in [1.54, 1.807) is 29.0 Å². The number of ether oxygens (including phenoxy) is 1. The van der Waals surface area contributed by atoms with E-state index in [2.05, 4.69) is 10.3 Å². The number of amides is 2. The van der Waals surface area contributed by atoms with E-state index in [1.807, 2.05) is 18.2 Å². The first-order chi connectivity index (χ1) is 13.1. The Morgan fingerprint density at radius 2 is 2.00 bits per heavy atom. The lowest BCUT2D eigenvalue weighted by Crippen LogP contribution is -2.51. The van der Waals surface area contributed by atoms with E-state index in [-0.39, 0.29) is 30.5 Å². The van der Waals surface area contributed by atoms with Crippen LogP contribution in [0.3, 0.4) is 0 Å². The Kier molecular flexibility index (Phi) is 7.60. The molecule has 0 aliphatic carbocycles. The molecule has 0 radical (unpaired) electrons. The average Bonchev–Trinajstić information content (AvgIpc) is 2.72. The third kappa shape index (κ3) is 5.11. The maximum absolute atomic E-state index is 13.1. The number of urea groups is 1. The number of anilines is 1. The van der Waals surface area contributed by atoms with Gasteiger partial charge in [0.1, 0.15) is 5.75 Å². The van der Waals surface area contributed by atoms with Gasteiger partial charge < -0.3 is 20.1 Å². The summed E-state index contributed by atoms with van der Waals surface area (Å²) < 4.78 is 5.28. The van der Waals surface area contributed by atoms with Crippen molar-refractivity contribution in [3.8, 4) is 5.75 Å². The highest BCUT2D eigenvalue weighted by atomic mass is 35.5. The number of hydrogen-bond acceptors (Lipinski definition) is 5. The van der Waals surface area contributed by atoms with Gasteiger partial charge >= 0.3 is 12.0 Å². The van der Waals surface area contributed by atoms with Gasteiger partial charge in [0, 0.05) is 44.1 Å². The first-order valence-electron chi connectivity index (χ1n) is 8.68. The number of carboxylic acid groups (broad SMARTS) is 1. The van der Waals surface area contributed by atoms with Crippen LogP contribution in [0, 0.1) is 0 Å². The maximum atomic E-state index is 13.1. The van der Waals surface area contributed by atoms with Crippen molar-refractivity contribution >= 4 is 30.1 Å². The molecular weight excluding hydrogens is 384 g/mol. The minimum atomic E-state index is -1.03. The van der Waals surface area contributed by atoms with Gasteiger partial charge in [-0.1, -0.05) is 6.07 Å². The number of nitrogens with one attached hydrogen (secondary N) is 1. The summed E-state index contributed by atoms with van der Waals surface area (Å²) in [5, 5.41) is 12.3.